The van der Waals surface area contributed by atoms with E-state index in [1.54, 1.807) is 13.0 Å². The van der Waals surface area contributed by atoms with Crippen LogP contribution in [0.2, 0.25) is 0 Å². The highest BCUT2D eigenvalue weighted by Crippen LogP contribution is 2.54. The van der Waals surface area contributed by atoms with Crippen LogP contribution < -0.4 is 5.73 Å². The Morgan fingerprint density at radius 1 is 1.12 bits per heavy atom. The van der Waals surface area contributed by atoms with Crippen molar-refractivity contribution in [1.29, 1.82) is 0 Å². The third-order valence-electron chi connectivity index (χ3n) is 6.82. The molecule has 2 aromatic heterocycles. The summed E-state index contributed by atoms with van der Waals surface area (Å²) >= 11 is 0. The van der Waals surface area contributed by atoms with E-state index in [0.29, 0.717) is 17.0 Å². The Labute approximate surface area is 182 Å². The molecule has 3 N–H and O–H groups in total. The van der Waals surface area contributed by atoms with Gasteiger partial charge in [-0.05, 0) is 60.6 Å². The number of hydrogen-bond donors (Lipinski definition) is 2. The molecule has 1 saturated carbocycles. The summed E-state index contributed by atoms with van der Waals surface area (Å²) in [7, 11) is 0. The van der Waals surface area contributed by atoms with E-state index in [0.717, 1.165) is 42.3 Å². The Kier molecular flexibility index (Phi) is 4.00. The summed E-state index contributed by atoms with van der Waals surface area (Å²) in [6.45, 7) is 1.70. The van der Waals surface area contributed by atoms with Crippen LogP contribution in [-0.2, 0) is 16.1 Å². The lowest BCUT2D eigenvalue weighted by atomic mass is 9.77. The number of nitrogens with two attached hydrogens (primary N) is 1. The van der Waals surface area contributed by atoms with Crippen LogP contribution in [-0.4, -0.2) is 25.0 Å². The SMILES string of the molecule is CC1(O)OC2(CCC(n3c(-c4nonc4N)nc4cc(F)ccc43)CC2)c2ccccc21. The molecular formula is C23H22FN5O3. The average molecular weight is 435 g/mol. The molecule has 9 heteroatoms. The lowest BCUT2D eigenvalue weighted by Crippen LogP contribution is -2.35. The van der Waals surface area contributed by atoms with E-state index in [1.807, 2.05) is 24.3 Å². The van der Waals surface area contributed by atoms with Gasteiger partial charge in [-0.3, -0.25) is 0 Å². The van der Waals surface area contributed by atoms with Crippen molar-refractivity contribution < 1.29 is 18.9 Å². The Bertz CT molecular complexity index is 1340. The van der Waals surface area contributed by atoms with Gasteiger partial charge in [0.15, 0.2) is 23.1 Å². The third-order valence-corrected chi connectivity index (χ3v) is 6.82. The van der Waals surface area contributed by atoms with Gasteiger partial charge < -0.3 is 20.1 Å². The predicted octanol–water partition coefficient (Wildman–Crippen LogP) is 4.01. The largest absolute Gasteiger partial charge is 0.379 e. The van der Waals surface area contributed by atoms with E-state index < -0.39 is 11.4 Å². The zero-order chi connectivity index (χ0) is 22.1. The fourth-order valence-electron chi connectivity index (χ4n) is 5.43. The third kappa shape index (κ3) is 2.71. The monoisotopic (exact) mass is 435 g/mol. The molecule has 1 unspecified atom stereocenters. The first kappa shape index (κ1) is 19.4. The number of anilines is 1. The van der Waals surface area contributed by atoms with Crippen LogP contribution in [0.3, 0.4) is 0 Å². The maximum atomic E-state index is 13.9. The van der Waals surface area contributed by atoms with Crippen molar-refractivity contribution in [1.82, 2.24) is 19.9 Å². The van der Waals surface area contributed by atoms with E-state index in [9.17, 15) is 9.50 Å². The van der Waals surface area contributed by atoms with E-state index in [1.165, 1.54) is 12.1 Å². The normalized spacial score (nSPS) is 27.3. The first-order valence-electron chi connectivity index (χ1n) is 10.7. The van der Waals surface area contributed by atoms with E-state index in [2.05, 4.69) is 19.9 Å². The number of nitrogens with zero attached hydrogens (tertiary/aromatic N) is 4. The number of hydrogen-bond acceptors (Lipinski definition) is 7. The second-order valence-corrected chi connectivity index (χ2v) is 8.79. The van der Waals surface area contributed by atoms with Gasteiger partial charge in [-0.15, -0.1) is 0 Å². The van der Waals surface area contributed by atoms with Gasteiger partial charge in [-0.25, -0.2) is 14.0 Å². The van der Waals surface area contributed by atoms with Crippen LogP contribution in [0.4, 0.5) is 10.2 Å². The van der Waals surface area contributed by atoms with Gasteiger partial charge >= 0.3 is 0 Å². The zero-order valence-electron chi connectivity index (χ0n) is 17.5. The van der Waals surface area contributed by atoms with Crippen LogP contribution in [0, 0.1) is 5.82 Å². The number of nitrogen functional groups attached to an aromatic ring is 1. The van der Waals surface area contributed by atoms with Crippen molar-refractivity contribution in [3.63, 3.8) is 0 Å². The van der Waals surface area contributed by atoms with Crippen LogP contribution in [0.15, 0.2) is 47.1 Å². The molecule has 1 fully saturated rings. The Balaban J connectivity index is 1.40. The Morgan fingerprint density at radius 2 is 1.88 bits per heavy atom. The molecule has 164 valence electrons. The number of aromatic nitrogens is 4. The van der Waals surface area contributed by atoms with Gasteiger partial charge in [0, 0.05) is 17.7 Å². The molecule has 1 aliphatic heterocycles. The van der Waals surface area contributed by atoms with Crippen LogP contribution in [0.1, 0.15) is 49.8 Å². The van der Waals surface area contributed by atoms with Crippen molar-refractivity contribution >= 4 is 16.9 Å². The fraction of sp³-hybridized carbons (Fsp3) is 0.348. The number of imidazole rings is 1. The zero-order valence-corrected chi connectivity index (χ0v) is 17.5. The van der Waals surface area contributed by atoms with Crippen molar-refractivity contribution in [2.75, 3.05) is 5.73 Å². The second-order valence-electron chi connectivity index (χ2n) is 8.79. The van der Waals surface area contributed by atoms with Crippen molar-refractivity contribution in [2.45, 2.75) is 50.0 Å². The van der Waals surface area contributed by atoms with E-state index >= 15 is 0 Å². The van der Waals surface area contributed by atoms with Gasteiger partial charge in [-0.1, -0.05) is 24.3 Å². The summed E-state index contributed by atoms with van der Waals surface area (Å²) in [5.74, 6) is -1.03. The number of benzene rings is 2. The minimum absolute atomic E-state index is 0.0588. The number of halogens is 1. The molecule has 0 bridgehead atoms. The topological polar surface area (TPSA) is 112 Å². The maximum Gasteiger partial charge on any atom is 0.199 e. The highest BCUT2D eigenvalue weighted by Gasteiger charge is 2.51. The standard InChI is InChI=1S/C23H22FN5O3/c1-22(30)15-4-2-3-5-16(15)23(31-22)10-8-14(9-11-23)29-18-7-6-13(24)12-17(18)26-21(29)19-20(25)28-32-27-19/h2-7,12,14,30H,8-11H2,1H3,(H2,25,28). The summed E-state index contributed by atoms with van der Waals surface area (Å²) < 4.78 is 27.0. The molecule has 32 heavy (non-hydrogen) atoms. The molecule has 2 aromatic carbocycles. The number of ether oxygens (including phenoxy) is 1. The molecule has 6 rings (SSSR count). The second kappa shape index (κ2) is 6.60. The summed E-state index contributed by atoms with van der Waals surface area (Å²) in [5, 5.41) is 18.5. The lowest BCUT2D eigenvalue weighted by molar-refractivity contribution is -0.257. The number of rotatable bonds is 2. The van der Waals surface area contributed by atoms with Crippen LogP contribution >= 0.6 is 0 Å². The molecule has 2 aliphatic rings. The lowest BCUT2D eigenvalue weighted by Gasteiger charge is -2.39. The van der Waals surface area contributed by atoms with Gasteiger partial charge in [0.25, 0.3) is 0 Å². The first-order valence-corrected chi connectivity index (χ1v) is 10.7. The first-order chi connectivity index (χ1) is 15.4. The van der Waals surface area contributed by atoms with Gasteiger partial charge in [0.1, 0.15) is 5.82 Å². The Morgan fingerprint density at radius 3 is 2.59 bits per heavy atom. The average Bonchev–Trinajstić information content (AvgIpc) is 3.42. The molecule has 1 aliphatic carbocycles. The molecule has 0 saturated heterocycles. The molecule has 4 aromatic rings. The van der Waals surface area contributed by atoms with Crippen molar-refractivity contribution in [2.24, 2.45) is 0 Å². The summed E-state index contributed by atoms with van der Waals surface area (Å²) in [6, 6.07) is 12.5. The number of fused-ring (bicyclic) bond motifs is 3. The van der Waals surface area contributed by atoms with Crippen LogP contribution in [0.5, 0.6) is 0 Å². The quantitative estimate of drug-likeness (QED) is 0.489. The number of aliphatic hydroxyl groups is 1. The van der Waals surface area contributed by atoms with Gasteiger partial charge in [-0.2, -0.15) is 0 Å². The smallest absolute Gasteiger partial charge is 0.199 e. The minimum atomic E-state index is -1.31. The molecule has 0 amide bonds. The highest BCUT2D eigenvalue weighted by molar-refractivity contribution is 5.82. The summed E-state index contributed by atoms with van der Waals surface area (Å²) in [6.07, 6.45) is 2.98. The van der Waals surface area contributed by atoms with E-state index in [-0.39, 0.29) is 17.7 Å². The van der Waals surface area contributed by atoms with E-state index in [4.69, 9.17) is 15.1 Å². The molecule has 1 atom stereocenters. The Hall–Kier alpha value is -3.30. The minimum Gasteiger partial charge on any atom is -0.379 e. The van der Waals surface area contributed by atoms with Gasteiger partial charge in [0.2, 0.25) is 0 Å². The molecule has 8 nitrogen and oxygen atoms in total. The predicted molar refractivity (Wildman–Crippen MR) is 114 cm³/mol. The molecular weight excluding hydrogens is 413 g/mol. The van der Waals surface area contributed by atoms with Crippen molar-refractivity contribution in [3.05, 3.63) is 59.4 Å². The molecule has 3 heterocycles. The molecule has 1 spiro atoms. The van der Waals surface area contributed by atoms with Crippen LogP contribution in [0.25, 0.3) is 22.6 Å². The van der Waals surface area contributed by atoms with Gasteiger partial charge in [0.05, 0.1) is 16.6 Å². The summed E-state index contributed by atoms with van der Waals surface area (Å²) in [5.41, 5.74) is 8.95. The maximum absolute atomic E-state index is 13.9. The summed E-state index contributed by atoms with van der Waals surface area (Å²) in [4.78, 5) is 4.61. The molecule has 0 radical (unpaired) electrons. The van der Waals surface area contributed by atoms with Crippen molar-refractivity contribution in [3.8, 4) is 11.5 Å². The fourth-order valence-corrected chi connectivity index (χ4v) is 5.43. The highest BCUT2D eigenvalue weighted by atomic mass is 19.1.